The largest absolute Gasteiger partial charge is 1.00 e. The van der Waals surface area contributed by atoms with Crippen LogP contribution in [-0.2, 0) is 6.54 Å². The summed E-state index contributed by atoms with van der Waals surface area (Å²) < 4.78 is 1.79. The number of nitrogen functional groups attached to an aromatic ring is 1. The maximum absolute atomic E-state index is 5.83. The summed E-state index contributed by atoms with van der Waals surface area (Å²) in [5.74, 6) is 0. The van der Waals surface area contributed by atoms with Crippen molar-refractivity contribution in [3.63, 3.8) is 0 Å². The lowest BCUT2D eigenvalue weighted by Crippen LogP contribution is -3.00. The fraction of sp³-hybridized carbons (Fsp3) is 0.0833. The van der Waals surface area contributed by atoms with E-state index in [0.29, 0.717) is 11.7 Å². The molecule has 6 heteroatoms. The van der Waals surface area contributed by atoms with E-state index in [-0.39, 0.29) is 17.0 Å². The topological polar surface area (TPSA) is 55.7 Å². The van der Waals surface area contributed by atoms with Crippen LogP contribution in [0, 0.1) is 0 Å². The number of hydrogen-bond donors (Lipinski definition) is 1. The number of nitrogens with zero attached hydrogens (tertiary/aromatic N) is 3. The molecule has 0 atom stereocenters. The molecule has 0 aliphatic rings. The number of rotatable bonds is 2. The molecule has 18 heavy (non-hydrogen) atoms. The maximum Gasteiger partial charge on any atom is 0.354 e. The van der Waals surface area contributed by atoms with Crippen LogP contribution >= 0.6 is 11.3 Å². The molecule has 0 saturated carbocycles. The molecule has 0 aliphatic heterocycles. The molecule has 0 bridgehead atoms. The van der Waals surface area contributed by atoms with E-state index in [0.717, 1.165) is 16.5 Å². The van der Waals surface area contributed by atoms with Gasteiger partial charge in [0.15, 0.2) is 0 Å². The van der Waals surface area contributed by atoms with E-state index in [2.05, 4.69) is 28.3 Å². The molecule has 92 valence electrons. The lowest BCUT2D eigenvalue weighted by atomic mass is 10.1. The Hall–Kier alpha value is -1.53. The molecule has 0 unspecified atom stereocenters. The number of aromatic nitrogens is 3. The van der Waals surface area contributed by atoms with Gasteiger partial charge in [-0.15, -0.1) is 4.68 Å². The minimum Gasteiger partial charge on any atom is -1.00 e. The first-order valence-electron chi connectivity index (χ1n) is 5.26. The molecule has 0 saturated heterocycles. The molecule has 0 spiro atoms. The van der Waals surface area contributed by atoms with E-state index in [9.17, 15) is 0 Å². The van der Waals surface area contributed by atoms with Crippen LogP contribution in [0.25, 0.3) is 10.9 Å². The second-order valence-corrected chi connectivity index (χ2v) is 4.59. The fourth-order valence-corrected chi connectivity index (χ4v) is 2.33. The van der Waals surface area contributed by atoms with E-state index in [1.54, 1.807) is 16.4 Å². The third-order valence-electron chi connectivity index (χ3n) is 2.65. The van der Waals surface area contributed by atoms with Crippen LogP contribution in [0.4, 0.5) is 5.13 Å². The van der Waals surface area contributed by atoms with Crippen molar-refractivity contribution in [3.05, 3.63) is 47.6 Å². The van der Waals surface area contributed by atoms with Crippen molar-refractivity contribution in [2.45, 2.75) is 6.54 Å². The van der Waals surface area contributed by atoms with Gasteiger partial charge in [0.2, 0.25) is 0 Å². The average molecular weight is 323 g/mol. The first-order valence-corrected chi connectivity index (χ1v) is 6.14. The highest BCUT2D eigenvalue weighted by Crippen LogP contribution is 2.16. The van der Waals surface area contributed by atoms with Gasteiger partial charge in [0.25, 0.3) is 0 Å². The number of benzene rings is 1. The number of nitrogens with two attached hydrogens (primary N) is 1. The van der Waals surface area contributed by atoms with Crippen LogP contribution in [0.5, 0.6) is 0 Å². The zero-order valence-electron chi connectivity index (χ0n) is 9.45. The van der Waals surface area contributed by atoms with E-state index in [4.69, 9.17) is 5.73 Å². The summed E-state index contributed by atoms with van der Waals surface area (Å²) in [6.07, 6.45) is 1.81. The number of hydrogen-bond acceptors (Lipinski definition) is 4. The zero-order chi connectivity index (χ0) is 11.7. The Morgan fingerprint density at radius 3 is 2.83 bits per heavy atom. The van der Waals surface area contributed by atoms with E-state index >= 15 is 0 Å². The predicted octanol–water partition coefficient (Wildman–Crippen LogP) is -1.39. The molecule has 0 amide bonds. The van der Waals surface area contributed by atoms with Crippen molar-refractivity contribution in [2.24, 2.45) is 0 Å². The summed E-state index contributed by atoms with van der Waals surface area (Å²) in [5.41, 5.74) is 9.71. The molecule has 2 N–H and O–H groups in total. The minimum absolute atomic E-state index is 0. The van der Waals surface area contributed by atoms with Crippen LogP contribution in [-0.4, -0.2) is 10.1 Å². The van der Waals surface area contributed by atoms with Crippen LogP contribution in [0.1, 0.15) is 5.56 Å². The van der Waals surface area contributed by atoms with Crippen molar-refractivity contribution in [1.29, 1.82) is 0 Å². The highest BCUT2D eigenvalue weighted by molar-refractivity contribution is 7.12. The van der Waals surface area contributed by atoms with Gasteiger partial charge in [-0.05, 0) is 17.4 Å². The lowest BCUT2D eigenvalue weighted by molar-refractivity contribution is -0.727. The molecule has 2 aromatic heterocycles. The molecular weight excluding hydrogens is 312 g/mol. The molecule has 3 rings (SSSR count). The normalized spacial score (nSPS) is 10.2. The van der Waals surface area contributed by atoms with Gasteiger partial charge < -0.3 is 17.0 Å². The van der Waals surface area contributed by atoms with Crippen molar-refractivity contribution in [2.75, 3.05) is 5.73 Å². The van der Waals surface area contributed by atoms with Gasteiger partial charge in [0.05, 0.1) is 5.52 Å². The minimum atomic E-state index is 0. The van der Waals surface area contributed by atoms with Crippen molar-refractivity contribution >= 4 is 27.4 Å². The highest BCUT2D eigenvalue weighted by Gasteiger charge is 2.10. The second-order valence-electron chi connectivity index (χ2n) is 3.73. The maximum atomic E-state index is 5.83. The molecule has 0 aliphatic carbocycles. The third-order valence-corrected chi connectivity index (χ3v) is 3.30. The molecule has 3 aromatic rings. The Bertz CT molecular complexity index is 662. The van der Waals surface area contributed by atoms with Crippen LogP contribution in [0.15, 0.2) is 42.0 Å². The van der Waals surface area contributed by atoms with Gasteiger partial charge in [-0.25, -0.2) is 0 Å². The lowest BCUT2D eigenvalue weighted by Gasteiger charge is -2.02. The van der Waals surface area contributed by atoms with Gasteiger partial charge in [0.1, 0.15) is 12.1 Å². The number of anilines is 1. The monoisotopic (exact) mass is 322 g/mol. The van der Waals surface area contributed by atoms with Crippen molar-refractivity contribution in [3.8, 4) is 0 Å². The fourth-order valence-electron chi connectivity index (χ4n) is 1.83. The first kappa shape index (κ1) is 12.9. The Balaban J connectivity index is 0.00000120. The smallest absolute Gasteiger partial charge is 0.354 e. The quantitative estimate of drug-likeness (QED) is 0.591. The third kappa shape index (κ3) is 2.34. The average Bonchev–Trinajstić information content (AvgIpc) is 2.76. The predicted molar refractivity (Wildman–Crippen MR) is 67.6 cm³/mol. The summed E-state index contributed by atoms with van der Waals surface area (Å²) in [6.45, 7) is 0.656. The van der Waals surface area contributed by atoms with Crippen LogP contribution in [0.3, 0.4) is 0 Å². The zero-order valence-corrected chi connectivity index (χ0v) is 11.9. The van der Waals surface area contributed by atoms with E-state index in [1.165, 1.54) is 11.3 Å². The number of para-hydroxylation sites is 1. The number of pyridine rings is 1. The summed E-state index contributed by atoms with van der Waals surface area (Å²) >= 11 is 1.44. The molecule has 0 fully saturated rings. The van der Waals surface area contributed by atoms with Crippen LogP contribution in [0.2, 0.25) is 0 Å². The van der Waals surface area contributed by atoms with Gasteiger partial charge >= 0.3 is 5.13 Å². The van der Waals surface area contributed by atoms with E-state index < -0.39 is 0 Å². The number of fused-ring (bicyclic) bond motifs is 1. The summed E-state index contributed by atoms with van der Waals surface area (Å²) in [7, 11) is 0. The number of halogens is 1. The molecular formula is C12H11BrN4S. The highest BCUT2D eigenvalue weighted by atomic mass is 79.9. The van der Waals surface area contributed by atoms with Crippen LogP contribution < -0.4 is 27.4 Å². The van der Waals surface area contributed by atoms with Crippen molar-refractivity contribution in [1.82, 2.24) is 10.1 Å². The Kier molecular flexibility index (Phi) is 3.88. The van der Waals surface area contributed by atoms with Gasteiger partial charge in [-0.3, -0.25) is 10.7 Å². The first-order chi connectivity index (χ1) is 8.34. The summed E-state index contributed by atoms with van der Waals surface area (Å²) in [6, 6.07) is 10.1. The van der Waals surface area contributed by atoms with Crippen molar-refractivity contribution < 1.29 is 21.7 Å². The van der Waals surface area contributed by atoms with E-state index in [1.807, 2.05) is 12.1 Å². The van der Waals surface area contributed by atoms with Gasteiger partial charge in [-0.1, -0.05) is 29.4 Å². The van der Waals surface area contributed by atoms with Gasteiger partial charge in [-0.2, -0.15) is 0 Å². The molecule has 1 aromatic carbocycles. The standard InChI is InChI=1S/C12H10N4S.BrH/c13-12-16(15-8-17-12)7-10-4-1-3-9-5-2-6-14-11(9)10;/h1-6,8,13H,7H2;1H. The SMILES string of the molecule is Nc1scn[n+]1Cc1cccc2cccnc12.[Br-]. The summed E-state index contributed by atoms with van der Waals surface area (Å²) in [5, 5.41) is 6.05. The molecule has 0 radical (unpaired) electrons. The summed E-state index contributed by atoms with van der Waals surface area (Å²) in [4.78, 5) is 4.41. The second kappa shape index (κ2) is 5.41. The Morgan fingerprint density at radius 1 is 1.22 bits per heavy atom. The molecule has 2 heterocycles. The molecule has 4 nitrogen and oxygen atoms in total. The van der Waals surface area contributed by atoms with Gasteiger partial charge in [0, 0.05) is 17.1 Å². The Morgan fingerprint density at radius 2 is 2.06 bits per heavy atom. The Labute approximate surface area is 119 Å².